The Bertz CT molecular complexity index is 1330. The number of carbonyl (C=O) groups is 3. The SMILES string of the molecule is [2H]C1(N2Cc3cc(OC[C@H]4CCCCN4Cc4ccccc4N4CCN(C)CC4)ccc3C2=O)CCC(=O)NC1=O. The molecule has 40 heavy (non-hydrogen) atoms. The Kier molecular flexibility index (Phi) is 7.40. The van der Waals surface area contributed by atoms with E-state index in [1.54, 1.807) is 12.1 Å². The van der Waals surface area contributed by atoms with Gasteiger partial charge in [0.2, 0.25) is 11.8 Å². The van der Waals surface area contributed by atoms with Gasteiger partial charge >= 0.3 is 0 Å². The Balaban J connectivity index is 1.11. The number of nitrogens with zero attached hydrogens (tertiary/aromatic N) is 4. The highest BCUT2D eigenvalue weighted by molar-refractivity contribution is 6.05. The van der Waals surface area contributed by atoms with E-state index < -0.39 is 17.8 Å². The van der Waals surface area contributed by atoms with Gasteiger partial charge in [-0.15, -0.1) is 0 Å². The molecular weight excluding hydrogens is 506 g/mol. The minimum absolute atomic E-state index is 0.00377. The molecule has 2 aromatic rings. The molecule has 4 aliphatic heterocycles. The van der Waals surface area contributed by atoms with Gasteiger partial charge in [0.15, 0.2) is 0 Å². The number of para-hydroxylation sites is 1. The van der Waals surface area contributed by atoms with Gasteiger partial charge in [0.1, 0.15) is 18.4 Å². The number of anilines is 1. The zero-order valence-electron chi connectivity index (χ0n) is 24.2. The molecule has 0 saturated carbocycles. The highest BCUT2D eigenvalue weighted by Gasteiger charge is 2.39. The fourth-order valence-electron chi connectivity index (χ4n) is 6.34. The average molecular weight is 547 g/mol. The molecule has 2 atom stereocenters. The van der Waals surface area contributed by atoms with Crippen LogP contribution >= 0.6 is 0 Å². The molecule has 4 heterocycles. The van der Waals surface area contributed by atoms with Crippen LogP contribution in [0.15, 0.2) is 42.5 Å². The number of ether oxygens (including phenoxy) is 1. The second kappa shape index (κ2) is 11.6. The lowest BCUT2D eigenvalue weighted by Gasteiger charge is -2.38. The number of benzene rings is 2. The molecule has 3 fully saturated rings. The summed E-state index contributed by atoms with van der Waals surface area (Å²) in [5.74, 6) is -0.817. The first-order valence-electron chi connectivity index (χ1n) is 15.0. The summed E-state index contributed by atoms with van der Waals surface area (Å²) >= 11 is 0. The fraction of sp³-hybridized carbons (Fsp3) is 0.516. The molecule has 1 unspecified atom stereocenters. The lowest BCUT2D eigenvalue weighted by atomic mass is 10.0. The van der Waals surface area contributed by atoms with E-state index >= 15 is 0 Å². The summed E-state index contributed by atoms with van der Waals surface area (Å²) in [6.07, 6.45) is 3.47. The number of hydrogen-bond acceptors (Lipinski definition) is 7. The number of carbonyl (C=O) groups excluding carboxylic acids is 3. The molecule has 4 aliphatic rings. The Labute approximate surface area is 237 Å². The van der Waals surface area contributed by atoms with Gasteiger partial charge in [0, 0.05) is 63.0 Å². The van der Waals surface area contributed by atoms with Crippen LogP contribution in [-0.4, -0.2) is 90.9 Å². The number of nitrogens with one attached hydrogen (secondary N) is 1. The largest absolute Gasteiger partial charge is 0.492 e. The van der Waals surface area contributed by atoms with Crippen LogP contribution in [0, 0.1) is 0 Å². The maximum absolute atomic E-state index is 13.1. The second-order valence-corrected chi connectivity index (χ2v) is 11.4. The van der Waals surface area contributed by atoms with Crippen LogP contribution in [0.2, 0.25) is 0 Å². The van der Waals surface area contributed by atoms with Gasteiger partial charge in [-0.2, -0.15) is 0 Å². The van der Waals surface area contributed by atoms with Crippen LogP contribution in [0.25, 0.3) is 0 Å². The van der Waals surface area contributed by atoms with E-state index in [9.17, 15) is 14.4 Å². The van der Waals surface area contributed by atoms with Gasteiger partial charge in [-0.1, -0.05) is 24.6 Å². The molecule has 9 nitrogen and oxygen atoms in total. The molecule has 0 bridgehead atoms. The monoisotopic (exact) mass is 546 g/mol. The summed E-state index contributed by atoms with van der Waals surface area (Å²) in [6.45, 7) is 6.87. The molecular formula is C31H39N5O4. The molecule has 0 spiro atoms. The molecule has 0 aliphatic carbocycles. The van der Waals surface area contributed by atoms with Crippen molar-refractivity contribution in [3.8, 4) is 5.75 Å². The van der Waals surface area contributed by atoms with Crippen LogP contribution in [0.5, 0.6) is 5.75 Å². The van der Waals surface area contributed by atoms with E-state index in [-0.39, 0.29) is 31.3 Å². The molecule has 1 N–H and O–H groups in total. The third kappa shape index (κ3) is 5.58. The molecule has 212 valence electrons. The number of hydrogen-bond donors (Lipinski definition) is 1. The van der Waals surface area contributed by atoms with Gasteiger partial charge < -0.3 is 19.4 Å². The fourth-order valence-corrected chi connectivity index (χ4v) is 6.34. The standard InChI is InChI=1S/C31H39N5O4/c1-33-14-16-34(17-15-33)27-8-3-2-6-22(27)19-35-13-5-4-7-24(35)21-40-25-9-10-26-23(18-25)20-36(31(26)39)28-11-12-29(37)32-30(28)38/h2-3,6,8-10,18,24,28H,4-5,7,11-17,19-21H2,1H3,(H,32,37,38)/t24-,28?/m1/s1/i28D. The zero-order chi connectivity index (χ0) is 28.6. The van der Waals surface area contributed by atoms with Crippen LogP contribution in [0.4, 0.5) is 5.69 Å². The number of amides is 3. The summed E-state index contributed by atoms with van der Waals surface area (Å²) in [7, 11) is 2.18. The third-order valence-corrected chi connectivity index (χ3v) is 8.71. The van der Waals surface area contributed by atoms with Crippen molar-refractivity contribution < 1.29 is 20.5 Å². The Hall–Kier alpha value is -3.43. The molecule has 6 rings (SSSR count). The van der Waals surface area contributed by atoms with Crippen LogP contribution < -0.4 is 15.0 Å². The number of piperazine rings is 1. The predicted molar refractivity (Wildman–Crippen MR) is 152 cm³/mol. The summed E-state index contributed by atoms with van der Waals surface area (Å²) in [4.78, 5) is 45.9. The van der Waals surface area contributed by atoms with Crippen molar-refractivity contribution in [2.45, 2.75) is 57.3 Å². The highest BCUT2D eigenvalue weighted by atomic mass is 16.5. The Morgan fingerprint density at radius 2 is 1.82 bits per heavy atom. The first-order valence-corrected chi connectivity index (χ1v) is 14.5. The molecule has 0 radical (unpaired) electrons. The summed E-state index contributed by atoms with van der Waals surface area (Å²) in [5, 5.41) is 2.21. The van der Waals surface area contributed by atoms with Crippen molar-refractivity contribution in [3.05, 3.63) is 59.2 Å². The van der Waals surface area contributed by atoms with E-state index in [1.165, 1.54) is 29.0 Å². The number of imide groups is 1. The van der Waals surface area contributed by atoms with E-state index in [2.05, 4.69) is 51.3 Å². The zero-order valence-corrected chi connectivity index (χ0v) is 23.2. The first-order chi connectivity index (χ1) is 19.8. The number of piperidine rings is 2. The topological polar surface area (TPSA) is 85.4 Å². The van der Waals surface area contributed by atoms with Crippen LogP contribution in [0.1, 0.15) is 55.0 Å². The van der Waals surface area contributed by atoms with Crippen molar-refractivity contribution in [2.24, 2.45) is 0 Å². The second-order valence-electron chi connectivity index (χ2n) is 11.4. The molecule has 3 amide bonds. The predicted octanol–water partition coefficient (Wildman–Crippen LogP) is 2.63. The van der Waals surface area contributed by atoms with Gasteiger partial charge in [-0.05, 0) is 68.2 Å². The first kappa shape index (κ1) is 25.5. The van der Waals surface area contributed by atoms with Gasteiger partial charge in [0.25, 0.3) is 5.91 Å². The van der Waals surface area contributed by atoms with E-state index in [0.717, 1.165) is 51.3 Å². The van der Waals surface area contributed by atoms with Crippen LogP contribution in [-0.2, 0) is 22.7 Å². The lowest BCUT2D eigenvalue weighted by molar-refractivity contribution is -0.136. The minimum atomic E-state index is -1.78. The maximum atomic E-state index is 13.1. The number of likely N-dealkylation sites (N-methyl/N-ethyl adjacent to an activating group) is 1. The van der Waals surface area contributed by atoms with E-state index in [4.69, 9.17) is 6.11 Å². The van der Waals surface area contributed by atoms with E-state index in [1.807, 2.05) is 6.07 Å². The van der Waals surface area contributed by atoms with Crippen molar-refractivity contribution in [1.82, 2.24) is 20.0 Å². The Morgan fingerprint density at radius 3 is 2.65 bits per heavy atom. The number of likely N-dealkylation sites (tertiary alicyclic amines) is 1. The molecule has 0 aromatic heterocycles. The number of fused-ring (bicyclic) bond motifs is 1. The van der Waals surface area contributed by atoms with Crippen molar-refractivity contribution in [1.29, 1.82) is 0 Å². The minimum Gasteiger partial charge on any atom is -0.492 e. The maximum Gasteiger partial charge on any atom is 0.255 e. The average Bonchev–Trinajstić information content (AvgIpc) is 3.31. The smallest absolute Gasteiger partial charge is 0.255 e. The summed E-state index contributed by atoms with van der Waals surface area (Å²) in [5.41, 5.74) is 3.92. The van der Waals surface area contributed by atoms with Crippen molar-refractivity contribution >= 4 is 23.4 Å². The lowest BCUT2D eigenvalue weighted by Crippen LogP contribution is -2.52. The summed E-state index contributed by atoms with van der Waals surface area (Å²) < 4.78 is 15.0. The van der Waals surface area contributed by atoms with Crippen molar-refractivity contribution in [2.75, 3.05) is 51.3 Å². The molecule has 2 aromatic carbocycles. The van der Waals surface area contributed by atoms with Gasteiger partial charge in [-0.25, -0.2) is 0 Å². The summed E-state index contributed by atoms with van der Waals surface area (Å²) in [6, 6.07) is 12.7. The Morgan fingerprint density at radius 1 is 1.00 bits per heavy atom. The van der Waals surface area contributed by atoms with Gasteiger partial charge in [-0.3, -0.25) is 24.6 Å². The molecule has 3 saturated heterocycles. The van der Waals surface area contributed by atoms with E-state index in [0.29, 0.717) is 17.9 Å². The quantitative estimate of drug-likeness (QED) is 0.535. The normalized spacial score (nSPS) is 26.5. The number of rotatable bonds is 7. The highest BCUT2D eigenvalue weighted by Crippen LogP contribution is 2.31. The van der Waals surface area contributed by atoms with Crippen LogP contribution in [0.3, 0.4) is 0 Å². The van der Waals surface area contributed by atoms with Crippen molar-refractivity contribution in [3.63, 3.8) is 0 Å². The molecule has 9 heteroatoms. The third-order valence-electron chi connectivity index (χ3n) is 8.71. The van der Waals surface area contributed by atoms with Gasteiger partial charge in [0.05, 0.1) is 1.37 Å².